The number of para-hydroxylation sites is 1. The number of nitrogens with zero attached hydrogens (tertiary/aromatic N) is 3. The van der Waals surface area contributed by atoms with Crippen molar-refractivity contribution in [2.45, 2.75) is 19.0 Å². The number of benzene rings is 1. The molecule has 3 rings (SSSR count). The molecule has 0 radical (unpaired) electrons. The first-order valence-corrected chi connectivity index (χ1v) is 7.56. The molecule has 1 aliphatic heterocycles. The molecule has 0 aliphatic carbocycles. The van der Waals surface area contributed by atoms with Crippen LogP contribution >= 0.6 is 0 Å². The lowest BCUT2D eigenvalue weighted by Crippen LogP contribution is -2.35. The Hall–Kier alpha value is -1.85. The first-order chi connectivity index (χ1) is 10.7. The molecule has 1 atom stereocenters. The van der Waals surface area contributed by atoms with Gasteiger partial charge in [-0.05, 0) is 6.07 Å². The molecule has 22 heavy (non-hydrogen) atoms. The van der Waals surface area contributed by atoms with Gasteiger partial charge in [0.15, 0.2) is 0 Å². The minimum Gasteiger partial charge on any atom is -0.496 e. The molecule has 118 valence electrons. The third-order valence-electron chi connectivity index (χ3n) is 4.26. The van der Waals surface area contributed by atoms with Crippen LogP contribution in [0, 0.1) is 0 Å². The van der Waals surface area contributed by atoms with Gasteiger partial charge in [-0.25, -0.2) is 4.98 Å². The van der Waals surface area contributed by atoms with Gasteiger partial charge in [0.25, 0.3) is 0 Å². The molecule has 1 aliphatic rings. The van der Waals surface area contributed by atoms with Crippen molar-refractivity contribution < 1.29 is 9.47 Å². The molecule has 0 fully saturated rings. The van der Waals surface area contributed by atoms with Crippen molar-refractivity contribution in [2.24, 2.45) is 7.05 Å². The second-order valence-electron chi connectivity index (χ2n) is 5.82. The van der Waals surface area contributed by atoms with Gasteiger partial charge in [-0.1, -0.05) is 18.2 Å². The molecule has 1 aromatic carbocycles. The van der Waals surface area contributed by atoms with Crippen LogP contribution in [-0.2, 0) is 24.9 Å². The fourth-order valence-corrected chi connectivity index (χ4v) is 3.34. The highest BCUT2D eigenvalue weighted by Gasteiger charge is 2.29. The highest BCUT2D eigenvalue weighted by molar-refractivity contribution is 5.33. The molecule has 5 heteroatoms. The largest absolute Gasteiger partial charge is 0.496 e. The lowest BCUT2D eigenvalue weighted by molar-refractivity contribution is 0.131. The standard InChI is InChI=1S/C17H23N3O2/c1-19-12-18-15-10-20(9-14(11-21-2)17(15)19)8-13-6-4-5-7-16(13)22-3/h4-7,12,14H,8-11H2,1-3H3. The summed E-state index contributed by atoms with van der Waals surface area (Å²) in [5.41, 5.74) is 3.67. The second kappa shape index (κ2) is 6.50. The van der Waals surface area contributed by atoms with Gasteiger partial charge < -0.3 is 14.0 Å². The van der Waals surface area contributed by atoms with Crippen LogP contribution in [0.1, 0.15) is 22.9 Å². The predicted molar refractivity (Wildman–Crippen MR) is 84.9 cm³/mol. The molecule has 1 unspecified atom stereocenters. The van der Waals surface area contributed by atoms with Crippen LogP contribution < -0.4 is 4.74 Å². The molecule has 2 heterocycles. The summed E-state index contributed by atoms with van der Waals surface area (Å²) >= 11 is 0. The minimum absolute atomic E-state index is 0.357. The SMILES string of the molecule is COCC1CN(Cc2ccccc2OC)Cc2ncn(C)c21. The average molecular weight is 301 g/mol. The van der Waals surface area contributed by atoms with E-state index in [9.17, 15) is 0 Å². The Kier molecular flexibility index (Phi) is 4.45. The van der Waals surface area contributed by atoms with Gasteiger partial charge in [0.2, 0.25) is 0 Å². The Morgan fingerprint density at radius 1 is 1.27 bits per heavy atom. The lowest BCUT2D eigenvalue weighted by atomic mass is 9.98. The van der Waals surface area contributed by atoms with Crippen molar-refractivity contribution in [3.05, 3.63) is 47.5 Å². The third kappa shape index (κ3) is 2.87. The van der Waals surface area contributed by atoms with Crippen molar-refractivity contribution in [3.8, 4) is 5.75 Å². The zero-order valence-corrected chi connectivity index (χ0v) is 13.5. The summed E-state index contributed by atoms with van der Waals surface area (Å²) in [6.07, 6.45) is 1.90. The van der Waals surface area contributed by atoms with E-state index in [4.69, 9.17) is 9.47 Å². The molecule has 0 saturated heterocycles. The van der Waals surface area contributed by atoms with Crippen LogP contribution in [0.4, 0.5) is 0 Å². The number of imidazole rings is 1. The highest BCUT2D eigenvalue weighted by atomic mass is 16.5. The number of rotatable bonds is 5. The highest BCUT2D eigenvalue weighted by Crippen LogP contribution is 2.29. The summed E-state index contributed by atoms with van der Waals surface area (Å²) in [6.45, 7) is 3.42. The smallest absolute Gasteiger partial charge is 0.123 e. The quantitative estimate of drug-likeness (QED) is 0.848. The molecular formula is C17H23N3O2. The molecular weight excluding hydrogens is 278 g/mol. The van der Waals surface area contributed by atoms with E-state index in [0.29, 0.717) is 5.92 Å². The summed E-state index contributed by atoms with van der Waals surface area (Å²) in [5.74, 6) is 1.30. The maximum atomic E-state index is 5.46. The summed E-state index contributed by atoms with van der Waals surface area (Å²) in [7, 11) is 5.54. The van der Waals surface area contributed by atoms with E-state index in [0.717, 1.165) is 37.7 Å². The van der Waals surface area contributed by atoms with Crippen molar-refractivity contribution in [3.63, 3.8) is 0 Å². The Balaban J connectivity index is 1.82. The maximum absolute atomic E-state index is 5.46. The van der Waals surface area contributed by atoms with E-state index in [1.54, 1.807) is 14.2 Å². The number of ether oxygens (including phenoxy) is 2. The van der Waals surface area contributed by atoms with Gasteiger partial charge in [0, 0.05) is 51.0 Å². The second-order valence-corrected chi connectivity index (χ2v) is 5.82. The van der Waals surface area contributed by atoms with Crippen LogP contribution in [0.5, 0.6) is 5.75 Å². The average Bonchev–Trinajstić information content (AvgIpc) is 2.90. The van der Waals surface area contributed by atoms with Crippen molar-refractivity contribution in [1.29, 1.82) is 0 Å². The van der Waals surface area contributed by atoms with Crippen molar-refractivity contribution in [1.82, 2.24) is 14.5 Å². The molecule has 0 spiro atoms. The van der Waals surface area contributed by atoms with Gasteiger partial charge in [-0.2, -0.15) is 0 Å². The number of aryl methyl sites for hydroxylation is 1. The maximum Gasteiger partial charge on any atom is 0.123 e. The van der Waals surface area contributed by atoms with Crippen molar-refractivity contribution in [2.75, 3.05) is 27.4 Å². The summed E-state index contributed by atoms with van der Waals surface area (Å²) in [4.78, 5) is 6.97. The number of hydrogen-bond acceptors (Lipinski definition) is 4. The Bertz CT molecular complexity index is 639. The van der Waals surface area contributed by atoms with Gasteiger partial charge in [0.1, 0.15) is 5.75 Å². The number of aromatic nitrogens is 2. The molecule has 2 aromatic rings. The lowest BCUT2D eigenvalue weighted by Gasteiger charge is -2.32. The van der Waals surface area contributed by atoms with E-state index >= 15 is 0 Å². The van der Waals surface area contributed by atoms with Crippen LogP contribution in [0.3, 0.4) is 0 Å². The van der Waals surface area contributed by atoms with Crippen LogP contribution in [0.2, 0.25) is 0 Å². The fraction of sp³-hybridized carbons (Fsp3) is 0.471. The Morgan fingerprint density at radius 2 is 2.09 bits per heavy atom. The summed E-state index contributed by atoms with van der Waals surface area (Å²) < 4.78 is 13.0. The molecule has 0 bridgehead atoms. The zero-order valence-electron chi connectivity index (χ0n) is 13.5. The summed E-state index contributed by atoms with van der Waals surface area (Å²) in [5, 5.41) is 0. The monoisotopic (exact) mass is 301 g/mol. The number of methoxy groups -OCH3 is 2. The van der Waals surface area contributed by atoms with Gasteiger partial charge in [-0.3, -0.25) is 4.90 Å². The first-order valence-electron chi connectivity index (χ1n) is 7.56. The van der Waals surface area contributed by atoms with Crippen LogP contribution in [0.15, 0.2) is 30.6 Å². The van der Waals surface area contributed by atoms with Crippen LogP contribution in [0.25, 0.3) is 0 Å². The van der Waals surface area contributed by atoms with Gasteiger partial charge >= 0.3 is 0 Å². The topological polar surface area (TPSA) is 39.5 Å². The van der Waals surface area contributed by atoms with E-state index in [1.165, 1.54) is 11.3 Å². The Labute approximate surface area is 131 Å². The van der Waals surface area contributed by atoms with Crippen LogP contribution in [-0.4, -0.2) is 41.8 Å². The number of hydrogen-bond donors (Lipinski definition) is 0. The van der Waals surface area contributed by atoms with E-state index < -0.39 is 0 Å². The van der Waals surface area contributed by atoms with E-state index in [2.05, 4.69) is 33.6 Å². The zero-order chi connectivity index (χ0) is 15.5. The van der Waals surface area contributed by atoms with E-state index in [1.807, 2.05) is 18.5 Å². The Morgan fingerprint density at radius 3 is 2.86 bits per heavy atom. The molecule has 1 aromatic heterocycles. The predicted octanol–water partition coefficient (Wildman–Crippen LogP) is 2.17. The summed E-state index contributed by atoms with van der Waals surface area (Å²) in [6, 6.07) is 8.19. The minimum atomic E-state index is 0.357. The normalized spacial score (nSPS) is 18.2. The first kappa shape index (κ1) is 15.1. The molecule has 0 N–H and O–H groups in total. The number of fused-ring (bicyclic) bond motifs is 1. The molecule has 0 saturated carbocycles. The molecule has 5 nitrogen and oxygen atoms in total. The molecule has 0 amide bonds. The van der Waals surface area contributed by atoms with Crippen molar-refractivity contribution >= 4 is 0 Å². The third-order valence-corrected chi connectivity index (χ3v) is 4.26. The van der Waals surface area contributed by atoms with E-state index in [-0.39, 0.29) is 0 Å². The van der Waals surface area contributed by atoms with Gasteiger partial charge in [0.05, 0.1) is 25.7 Å². The fourth-order valence-electron chi connectivity index (χ4n) is 3.34. The van der Waals surface area contributed by atoms with Gasteiger partial charge in [-0.15, -0.1) is 0 Å².